The lowest BCUT2D eigenvalue weighted by atomic mass is 10.0. The number of hydrogen-bond acceptors (Lipinski definition) is 6. The summed E-state index contributed by atoms with van der Waals surface area (Å²) in [5.74, 6) is -4.89. The van der Waals surface area contributed by atoms with E-state index < -0.39 is 60.2 Å². The van der Waals surface area contributed by atoms with Gasteiger partial charge < -0.3 is 36.5 Å². The van der Waals surface area contributed by atoms with Gasteiger partial charge in [0.15, 0.2) is 0 Å². The number of aromatic amines is 1. The Balaban J connectivity index is 1.47. The molecule has 0 fully saturated rings. The highest BCUT2D eigenvalue weighted by molar-refractivity contribution is 5.96. The van der Waals surface area contributed by atoms with Crippen molar-refractivity contribution in [3.8, 4) is 0 Å². The van der Waals surface area contributed by atoms with Crippen LogP contribution in [0.2, 0.25) is 0 Å². The van der Waals surface area contributed by atoms with Crippen molar-refractivity contribution in [2.75, 3.05) is 7.05 Å². The first-order valence-electron chi connectivity index (χ1n) is 15.6. The van der Waals surface area contributed by atoms with Gasteiger partial charge in [0.05, 0.1) is 12.5 Å². The van der Waals surface area contributed by atoms with E-state index in [1.807, 2.05) is 67.6 Å². The number of fused-ring (bicyclic) bond motifs is 2. The second kappa shape index (κ2) is 15.9. The zero-order chi connectivity index (χ0) is 34.1. The number of carboxylic acid groups (broad SMARTS) is 2. The molecule has 0 aliphatic rings. The number of aromatic nitrogens is 1. The van der Waals surface area contributed by atoms with Crippen LogP contribution in [0.3, 0.4) is 0 Å². The van der Waals surface area contributed by atoms with Crippen molar-refractivity contribution in [3.05, 3.63) is 84.1 Å². The molecule has 1 aromatic heterocycles. The molecule has 1 heterocycles. The van der Waals surface area contributed by atoms with Crippen molar-refractivity contribution >= 4 is 51.3 Å². The number of para-hydroxylation sites is 1. The minimum Gasteiger partial charge on any atom is -0.481 e. The third kappa shape index (κ3) is 8.95. The molecule has 0 saturated carbocycles. The predicted molar refractivity (Wildman–Crippen MR) is 177 cm³/mol. The number of carbonyl (C=O) groups excluding carboxylic acids is 3. The van der Waals surface area contributed by atoms with E-state index in [-0.39, 0.29) is 19.3 Å². The third-order valence-electron chi connectivity index (χ3n) is 8.26. The van der Waals surface area contributed by atoms with Crippen LogP contribution in [0.15, 0.2) is 72.9 Å². The van der Waals surface area contributed by atoms with Gasteiger partial charge in [0, 0.05) is 30.6 Å². The van der Waals surface area contributed by atoms with Gasteiger partial charge in [-0.3, -0.25) is 19.2 Å². The smallest absolute Gasteiger partial charge is 0.326 e. The Bertz CT molecular complexity index is 1750. The molecule has 12 heteroatoms. The van der Waals surface area contributed by atoms with Crippen LogP contribution in [-0.4, -0.2) is 81.0 Å². The van der Waals surface area contributed by atoms with Crippen molar-refractivity contribution < 1.29 is 34.2 Å². The zero-order valence-corrected chi connectivity index (χ0v) is 26.4. The molecule has 0 saturated heterocycles. The highest BCUT2D eigenvalue weighted by atomic mass is 16.4. The second-order valence-electron chi connectivity index (χ2n) is 11.7. The maximum Gasteiger partial charge on any atom is 0.326 e. The molecule has 0 unspecified atom stereocenters. The average molecular weight is 644 g/mol. The zero-order valence-electron chi connectivity index (χ0n) is 26.4. The van der Waals surface area contributed by atoms with E-state index in [2.05, 4.69) is 15.6 Å². The highest BCUT2D eigenvalue weighted by Crippen LogP contribution is 2.20. The molecule has 248 valence electrons. The number of nitrogens with one attached hydrogen (secondary N) is 3. The lowest BCUT2D eigenvalue weighted by Crippen LogP contribution is -2.58. The van der Waals surface area contributed by atoms with E-state index in [0.717, 1.165) is 27.2 Å². The summed E-state index contributed by atoms with van der Waals surface area (Å²) in [6.07, 6.45) is 2.66. The minimum atomic E-state index is -1.59. The van der Waals surface area contributed by atoms with E-state index in [1.54, 1.807) is 12.3 Å². The first-order chi connectivity index (χ1) is 22.5. The third-order valence-corrected chi connectivity index (χ3v) is 8.26. The second-order valence-corrected chi connectivity index (χ2v) is 11.7. The van der Waals surface area contributed by atoms with Crippen LogP contribution in [0.5, 0.6) is 0 Å². The van der Waals surface area contributed by atoms with Gasteiger partial charge in [-0.25, -0.2) is 4.79 Å². The van der Waals surface area contributed by atoms with Crippen LogP contribution in [-0.2, 0) is 36.8 Å². The number of likely N-dealkylation sites (N-methyl/N-ethyl adjacent to an activating group) is 1. The first kappa shape index (κ1) is 34.6. The van der Waals surface area contributed by atoms with Crippen molar-refractivity contribution in [2.24, 2.45) is 5.73 Å². The van der Waals surface area contributed by atoms with Crippen molar-refractivity contribution in [1.82, 2.24) is 20.5 Å². The van der Waals surface area contributed by atoms with Gasteiger partial charge in [0.25, 0.3) is 0 Å². The van der Waals surface area contributed by atoms with E-state index >= 15 is 0 Å². The Morgan fingerprint density at radius 1 is 0.872 bits per heavy atom. The Labute approximate surface area is 272 Å². The molecule has 47 heavy (non-hydrogen) atoms. The minimum absolute atomic E-state index is 0.0652. The summed E-state index contributed by atoms with van der Waals surface area (Å²) in [6, 6.07) is 15.6. The average Bonchev–Trinajstić information content (AvgIpc) is 3.45. The number of benzene rings is 3. The fourth-order valence-electron chi connectivity index (χ4n) is 5.66. The number of rotatable bonds is 16. The number of nitrogens with zero attached hydrogens (tertiary/aromatic N) is 1. The van der Waals surface area contributed by atoms with Gasteiger partial charge in [-0.1, -0.05) is 80.4 Å². The van der Waals surface area contributed by atoms with Crippen LogP contribution in [0, 0.1) is 0 Å². The number of hydrogen-bond donors (Lipinski definition) is 6. The summed E-state index contributed by atoms with van der Waals surface area (Å²) in [6.45, 7) is 1.92. The molecular weight excluding hydrogens is 602 g/mol. The van der Waals surface area contributed by atoms with Gasteiger partial charge in [0.1, 0.15) is 18.1 Å². The Morgan fingerprint density at radius 2 is 1.55 bits per heavy atom. The predicted octanol–water partition coefficient (Wildman–Crippen LogP) is 2.98. The molecular formula is C35H41N5O7. The van der Waals surface area contributed by atoms with Crippen molar-refractivity contribution in [3.63, 3.8) is 0 Å². The first-order valence-corrected chi connectivity index (χ1v) is 15.6. The lowest BCUT2D eigenvalue weighted by molar-refractivity contribution is -0.145. The van der Waals surface area contributed by atoms with Crippen LogP contribution in [0.1, 0.15) is 43.7 Å². The van der Waals surface area contributed by atoms with Gasteiger partial charge in [-0.2, -0.15) is 0 Å². The molecule has 0 spiro atoms. The molecule has 4 rings (SSSR count). The summed E-state index contributed by atoms with van der Waals surface area (Å²) in [4.78, 5) is 68.6. The van der Waals surface area contributed by atoms with Crippen LogP contribution < -0.4 is 16.4 Å². The Morgan fingerprint density at radius 3 is 2.26 bits per heavy atom. The molecule has 0 radical (unpaired) electrons. The molecule has 3 aromatic carbocycles. The number of amides is 3. The van der Waals surface area contributed by atoms with E-state index in [4.69, 9.17) is 5.73 Å². The maximum atomic E-state index is 13.6. The van der Waals surface area contributed by atoms with Crippen LogP contribution in [0.25, 0.3) is 21.7 Å². The summed E-state index contributed by atoms with van der Waals surface area (Å²) in [5, 5.41) is 27.1. The number of H-pyrrole nitrogens is 1. The molecule has 0 bridgehead atoms. The number of aliphatic carboxylic acids is 2. The number of carboxylic acids is 2. The molecule has 4 aromatic rings. The fourth-order valence-corrected chi connectivity index (χ4v) is 5.66. The van der Waals surface area contributed by atoms with Gasteiger partial charge in [0.2, 0.25) is 17.7 Å². The monoisotopic (exact) mass is 643 g/mol. The molecule has 7 N–H and O–H groups in total. The summed E-state index contributed by atoms with van der Waals surface area (Å²) >= 11 is 0. The van der Waals surface area contributed by atoms with Gasteiger partial charge in [-0.15, -0.1) is 0 Å². The lowest BCUT2D eigenvalue weighted by Gasteiger charge is -2.31. The molecule has 0 aliphatic carbocycles. The Kier molecular flexibility index (Phi) is 11.7. The number of unbranched alkanes of at least 4 members (excludes halogenated alkanes) is 1. The standard InChI is InChI=1S/C35H41N5O7/c1-3-4-13-30(40(2)34(45)26(36)18-24-20-37-27-12-8-7-11-25(24)27)33(44)38-28(19-31(41)42)32(43)39-29(35(46)47)17-21-14-15-22-9-5-6-10-23(22)16-21/h5-12,14-16,20,26,28-30,37H,3-4,13,17-19,36H2,1-2H3,(H,38,44)(H,39,43)(H,41,42)(H,46,47)/t26-,28-,29-,30-/m0/s1. The van der Waals surface area contributed by atoms with Gasteiger partial charge in [-0.05, 0) is 40.8 Å². The SMILES string of the molecule is CCCC[C@@H](C(=O)N[C@@H](CC(=O)O)C(=O)N[C@@H](Cc1ccc2ccccc2c1)C(=O)O)N(C)C(=O)[C@@H](N)Cc1c[nH]c2ccccc12. The van der Waals surface area contributed by atoms with E-state index in [0.29, 0.717) is 18.4 Å². The molecule has 12 nitrogen and oxygen atoms in total. The quantitative estimate of drug-likeness (QED) is 0.107. The highest BCUT2D eigenvalue weighted by Gasteiger charge is 2.34. The van der Waals surface area contributed by atoms with Crippen molar-refractivity contribution in [1.29, 1.82) is 0 Å². The number of nitrogens with two attached hydrogens (primary N) is 1. The molecule has 3 amide bonds. The maximum absolute atomic E-state index is 13.6. The largest absolute Gasteiger partial charge is 0.481 e. The normalized spacial score (nSPS) is 13.8. The van der Waals surface area contributed by atoms with Crippen LogP contribution in [0.4, 0.5) is 0 Å². The molecule has 0 aliphatic heterocycles. The van der Waals surface area contributed by atoms with E-state index in [9.17, 15) is 34.2 Å². The summed E-state index contributed by atoms with van der Waals surface area (Å²) in [5.41, 5.74) is 8.73. The van der Waals surface area contributed by atoms with Crippen molar-refractivity contribution in [2.45, 2.75) is 69.6 Å². The summed E-state index contributed by atoms with van der Waals surface area (Å²) < 4.78 is 0. The summed E-state index contributed by atoms with van der Waals surface area (Å²) in [7, 11) is 1.45. The molecule has 4 atom stereocenters. The number of carbonyl (C=O) groups is 5. The van der Waals surface area contributed by atoms with Crippen LogP contribution >= 0.6 is 0 Å². The van der Waals surface area contributed by atoms with E-state index in [1.165, 1.54) is 11.9 Å². The topological polar surface area (TPSA) is 195 Å². The fraction of sp³-hybridized carbons (Fsp3) is 0.343. The van der Waals surface area contributed by atoms with Gasteiger partial charge >= 0.3 is 11.9 Å². The Hall–Kier alpha value is -5.23.